The average molecular weight is 613 g/mol. The van der Waals surface area contributed by atoms with E-state index in [1.807, 2.05) is 44.2 Å². The van der Waals surface area contributed by atoms with E-state index >= 15 is 0 Å². The highest BCUT2D eigenvalue weighted by Gasteiger charge is 2.55. The Labute approximate surface area is 264 Å². The van der Waals surface area contributed by atoms with Gasteiger partial charge in [-0.2, -0.15) is 0 Å². The van der Waals surface area contributed by atoms with Crippen LogP contribution < -0.4 is 10.4 Å². The molecule has 6 heteroatoms. The van der Waals surface area contributed by atoms with E-state index in [1.165, 1.54) is 10.4 Å². The van der Waals surface area contributed by atoms with Crippen molar-refractivity contribution < 1.29 is 23.4 Å². The molecule has 0 aliphatic carbocycles. The molecular formula is C38H48O5Si. The van der Waals surface area contributed by atoms with Gasteiger partial charge in [-0.3, -0.25) is 4.79 Å². The third-order valence-corrected chi connectivity index (χ3v) is 14.4. The van der Waals surface area contributed by atoms with E-state index in [9.17, 15) is 4.79 Å². The Morgan fingerprint density at radius 2 is 1.43 bits per heavy atom. The summed E-state index contributed by atoms with van der Waals surface area (Å²) < 4.78 is 26.1. The summed E-state index contributed by atoms with van der Waals surface area (Å²) in [6.07, 6.45) is 2.70. The molecule has 5 rings (SSSR count). The molecule has 2 aliphatic rings. The van der Waals surface area contributed by atoms with Crippen molar-refractivity contribution in [1.82, 2.24) is 0 Å². The quantitative estimate of drug-likeness (QED) is 0.123. The predicted octanol–water partition coefficient (Wildman–Crippen LogP) is 6.64. The summed E-state index contributed by atoms with van der Waals surface area (Å²) in [6, 6.07) is 31.3. The topological polar surface area (TPSA) is 57.3 Å². The minimum absolute atomic E-state index is 0.102. The number of rotatable bonds is 13. The highest BCUT2D eigenvalue weighted by molar-refractivity contribution is 6.99. The number of hydrogen-bond donors (Lipinski definition) is 0. The van der Waals surface area contributed by atoms with Gasteiger partial charge in [0.15, 0.2) is 0 Å². The van der Waals surface area contributed by atoms with Crippen LogP contribution in [0.15, 0.2) is 104 Å². The lowest BCUT2D eigenvalue weighted by Gasteiger charge is -2.44. The first-order valence-electron chi connectivity index (χ1n) is 15.8. The number of epoxide rings is 1. The standard InChI is InChI=1S/C38H48O5Si/c1-7-35(40-26-29-17-11-8-12-18-29)37(5,6)34(39)23-30-24-38(28-41-38)25-31(43-30)27-42-44(36(2,3)4,32-19-13-9-14-20-32)33-21-15-10-16-22-33/h7-22,30-31,35H,1,23-28H2,2-6H3/t30-,31-,35+,38?/m1/s1. The van der Waals surface area contributed by atoms with Gasteiger partial charge < -0.3 is 18.6 Å². The normalized spacial score (nSPS) is 22.8. The highest BCUT2D eigenvalue weighted by Crippen LogP contribution is 2.44. The van der Waals surface area contributed by atoms with Crippen LogP contribution in [0.2, 0.25) is 5.04 Å². The van der Waals surface area contributed by atoms with E-state index in [1.54, 1.807) is 6.08 Å². The Balaban J connectivity index is 1.31. The molecule has 0 radical (unpaired) electrons. The smallest absolute Gasteiger partial charge is 0.261 e. The second-order valence-corrected chi connectivity index (χ2v) is 18.3. The van der Waals surface area contributed by atoms with Gasteiger partial charge in [0.1, 0.15) is 5.78 Å². The number of carbonyl (C=O) groups is 1. The van der Waals surface area contributed by atoms with Crippen LogP contribution >= 0.6 is 0 Å². The zero-order valence-corrected chi connectivity index (χ0v) is 28.0. The Morgan fingerprint density at radius 3 is 1.93 bits per heavy atom. The largest absolute Gasteiger partial charge is 0.405 e. The fraction of sp³-hybridized carbons (Fsp3) is 0.447. The van der Waals surface area contributed by atoms with E-state index in [0.717, 1.165) is 12.0 Å². The van der Waals surface area contributed by atoms with Crippen molar-refractivity contribution in [1.29, 1.82) is 0 Å². The van der Waals surface area contributed by atoms with Gasteiger partial charge in [-0.1, -0.05) is 132 Å². The number of benzene rings is 3. The maximum atomic E-state index is 13.8. The van der Waals surface area contributed by atoms with Crippen molar-refractivity contribution in [2.75, 3.05) is 13.2 Å². The van der Waals surface area contributed by atoms with Crippen molar-refractivity contribution in [3.63, 3.8) is 0 Å². The maximum absolute atomic E-state index is 13.8. The fourth-order valence-corrected chi connectivity index (χ4v) is 11.4. The molecule has 1 unspecified atom stereocenters. The van der Waals surface area contributed by atoms with Crippen LogP contribution in [0.25, 0.3) is 0 Å². The summed E-state index contributed by atoms with van der Waals surface area (Å²) in [5, 5.41) is 2.36. The van der Waals surface area contributed by atoms with Crippen molar-refractivity contribution in [2.45, 2.75) is 89.4 Å². The number of carbonyl (C=O) groups excluding carboxylic acids is 1. The Hall–Kier alpha value is -2.87. The van der Waals surface area contributed by atoms with Crippen LogP contribution in [0, 0.1) is 5.41 Å². The van der Waals surface area contributed by atoms with Gasteiger partial charge in [-0.05, 0) is 21.0 Å². The van der Waals surface area contributed by atoms with E-state index in [0.29, 0.717) is 32.7 Å². The monoisotopic (exact) mass is 612 g/mol. The van der Waals surface area contributed by atoms with Crippen LogP contribution in [0.5, 0.6) is 0 Å². The molecule has 2 fully saturated rings. The lowest BCUT2D eigenvalue weighted by Crippen LogP contribution is -2.67. The molecule has 0 amide bonds. The number of hydrogen-bond acceptors (Lipinski definition) is 5. The van der Waals surface area contributed by atoms with Gasteiger partial charge in [0.25, 0.3) is 8.32 Å². The van der Waals surface area contributed by atoms with Crippen LogP contribution in [-0.2, 0) is 30.0 Å². The molecule has 0 saturated carbocycles. The van der Waals surface area contributed by atoms with Crippen LogP contribution in [-0.4, -0.2) is 51.2 Å². The summed E-state index contributed by atoms with van der Waals surface area (Å²) >= 11 is 0. The van der Waals surface area contributed by atoms with Crippen molar-refractivity contribution in [3.05, 3.63) is 109 Å². The van der Waals surface area contributed by atoms with Crippen molar-refractivity contribution in [2.24, 2.45) is 5.41 Å². The molecular weight excluding hydrogens is 564 g/mol. The molecule has 4 atom stereocenters. The number of ketones is 1. The first-order valence-corrected chi connectivity index (χ1v) is 17.8. The van der Waals surface area contributed by atoms with Gasteiger partial charge in [-0.25, -0.2) is 0 Å². The molecule has 3 aromatic carbocycles. The zero-order valence-electron chi connectivity index (χ0n) is 27.0. The summed E-state index contributed by atoms with van der Waals surface area (Å²) in [4.78, 5) is 13.8. The van der Waals surface area contributed by atoms with E-state index in [2.05, 4.69) is 88.0 Å². The zero-order chi connectivity index (χ0) is 31.4. The summed E-state index contributed by atoms with van der Waals surface area (Å²) in [6.45, 7) is 16.3. The number of ether oxygens (including phenoxy) is 3. The van der Waals surface area contributed by atoms with Gasteiger partial charge in [0, 0.05) is 19.3 Å². The van der Waals surface area contributed by atoms with E-state index in [-0.39, 0.29) is 28.6 Å². The lowest BCUT2D eigenvalue weighted by molar-refractivity contribution is -0.143. The second-order valence-electron chi connectivity index (χ2n) is 14.0. The summed E-state index contributed by atoms with van der Waals surface area (Å²) in [5.74, 6) is 0.102. The lowest BCUT2D eigenvalue weighted by atomic mass is 9.78. The fourth-order valence-electron chi connectivity index (χ4n) is 6.78. The van der Waals surface area contributed by atoms with Gasteiger partial charge in [0.05, 0.1) is 49.1 Å². The molecule has 44 heavy (non-hydrogen) atoms. The SMILES string of the molecule is C=C[C@H](OCc1ccccc1)C(C)(C)C(=O)C[C@@H]1CC2(CO2)C[C@H](CO[Si](c2ccccc2)(c2ccccc2)C(C)(C)C)O1. The Kier molecular flexibility index (Phi) is 9.78. The minimum atomic E-state index is -2.72. The third kappa shape index (κ3) is 7.00. The van der Waals surface area contributed by atoms with Crippen LogP contribution in [0.3, 0.4) is 0 Å². The molecule has 0 bridgehead atoms. The molecule has 3 aromatic rings. The third-order valence-electron chi connectivity index (χ3n) is 9.37. The summed E-state index contributed by atoms with van der Waals surface area (Å²) in [7, 11) is -2.72. The van der Waals surface area contributed by atoms with Gasteiger partial charge in [-0.15, -0.1) is 6.58 Å². The molecule has 2 aliphatic heterocycles. The number of Topliss-reactive ketones (excluding diaryl/α,β-unsaturated/α-hetero) is 1. The van der Waals surface area contributed by atoms with Crippen LogP contribution in [0.4, 0.5) is 0 Å². The van der Waals surface area contributed by atoms with Gasteiger partial charge in [0.2, 0.25) is 0 Å². The molecule has 234 valence electrons. The van der Waals surface area contributed by atoms with Crippen LogP contribution in [0.1, 0.15) is 59.4 Å². The Morgan fingerprint density at radius 1 is 0.909 bits per heavy atom. The van der Waals surface area contributed by atoms with E-state index < -0.39 is 19.8 Å². The first-order chi connectivity index (χ1) is 21.0. The van der Waals surface area contributed by atoms with Crippen molar-refractivity contribution >= 4 is 24.5 Å². The Bertz CT molecular complexity index is 1340. The minimum Gasteiger partial charge on any atom is -0.405 e. The average Bonchev–Trinajstić information content (AvgIpc) is 3.75. The molecule has 0 N–H and O–H groups in total. The van der Waals surface area contributed by atoms with Crippen molar-refractivity contribution in [3.8, 4) is 0 Å². The summed E-state index contributed by atoms with van der Waals surface area (Å²) in [5.41, 5.74) is 0.0827. The first kappa shape index (κ1) is 32.5. The van der Waals surface area contributed by atoms with E-state index in [4.69, 9.17) is 18.6 Å². The highest BCUT2D eigenvalue weighted by atomic mass is 28.4. The van der Waals surface area contributed by atoms with Gasteiger partial charge >= 0.3 is 0 Å². The second kappa shape index (κ2) is 13.2. The maximum Gasteiger partial charge on any atom is 0.261 e. The predicted molar refractivity (Wildman–Crippen MR) is 179 cm³/mol. The molecule has 0 aromatic heterocycles. The molecule has 2 saturated heterocycles. The molecule has 1 spiro atoms. The molecule has 5 nitrogen and oxygen atoms in total. The molecule has 2 heterocycles.